The van der Waals surface area contributed by atoms with Crippen molar-refractivity contribution in [3.63, 3.8) is 0 Å². The van der Waals surface area contributed by atoms with E-state index in [-0.39, 0.29) is 5.91 Å². The van der Waals surface area contributed by atoms with E-state index < -0.39 is 0 Å². The van der Waals surface area contributed by atoms with Gasteiger partial charge in [0, 0.05) is 16.3 Å². The molecule has 2 aromatic carbocycles. The number of nitrogens with one attached hydrogen (secondary N) is 1. The van der Waals surface area contributed by atoms with Crippen LogP contribution in [0.2, 0.25) is 0 Å². The Labute approximate surface area is 123 Å². The molecule has 0 saturated heterocycles. The van der Waals surface area contributed by atoms with E-state index in [1.54, 1.807) is 0 Å². The van der Waals surface area contributed by atoms with Crippen LogP contribution in [0.5, 0.6) is 0 Å². The third-order valence-electron chi connectivity index (χ3n) is 2.92. The molecular formula is C16H18N2OS. The number of aryl methyl sites for hydroxylation is 1. The number of amides is 1. The van der Waals surface area contributed by atoms with Crippen LogP contribution in [-0.2, 0) is 11.2 Å². The van der Waals surface area contributed by atoms with Crippen molar-refractivity contribution in [3.8, 4) is 0 Å². The van der Waals surface area contributed by atoms with Gasteiger partial charge >= 0.3 is 0 Å². The first-order valence-electron chi connectivity index (χ1n) is 6.55. The molecule has 0 aliphatic heterocycles. The van der Waals surface area contributed by atoms with E-state index in [2.05, 4.69) is 12.2 Å². The molecule has 0 bridgehead atoms. The molecule has 2 aromatic rings. The lowest BCUT2D eigenvalue weighted by Gasteiger charge is -2.08. The van der Waals surface area contributed by atoms with E-state index in [4.69, 9.17) is 5.73 Å². The highest BCUT2D eigenvalue weighted by molar-refractivity contribution is 8.00. The first-order valence-corrected chi connectivity index (χ1v) is 7.53. The number of rotatable bonds is 5. The Kier molecular flexibility index (Phi) is 5.07. The van der Waals surface area contributed by atoms with Crippen LogP contribution in [0, 0.1) is 0 Å². The Morgan fingerprint density at radius 3 is 2.60 bits per heavy atom. The molecule has 0 radical (unpaired) electrons. The zero-order valence-corrected chi connectivity index (χ0v) is 12.2. The zero-order valence-electron chi connectivity index (χ0n) is 11.4. The van der Waals surface area contributed by atoms with Crippen molar-refractivity contribution in [2.45, 2.75) is 18.2 Å². The maximum absolute atomic E-state index is 11.9. The summed E-state index contributed by atoms with van der Waals surface area (Å²) in [6.45, 7) is 2.06. The Hall–Kier alpha value is -1.94. The summed E-state index contributed by atoms with van der Waals surface area (Å²) in [6.07, 6.45) is 0.893. The largest absolute Gasteiger partial charge is 0.398 e. The Bertz CT molecular complexity index is 584. The van der Waals surface area contributed by atoms with E-state index in [0.717, 1.165) is 28.3 Å². The van der Waals surface area contributed by atoms with Crippen LogP contribution in [0.4, 0.5) is 11.4 Å². The number of nitrogen functional groups attached to an aromatic ring is 1. The summed E-state index contributed by atoms with van der Waals surface area (Å²) in [6, 6.07) is 15.5. The van der Waals surface area contributed by atoms with Crippen LogP contribution in [0.3, 0.4) is 0 Å². The monoisotopic (exact) mass is 286 g/mol. The van der Waals surface area contributed by atoms with E-state index in [9.17, 15) is 4.79 Å². The lowest BCUT2D eigenvalue weighted by molar-refractivity contribution is -0.113. The quantitative estimate of drug-likeness (QED) is 0.652. The molecule has 0 fully saturated rings. The summed E-state index contributed by atoms with van der Waals surface area (Å²) in [5, 5.41) is 2.86. The number of hydrogen-bond acceptors (Lipinski definition) is 3. The highest BCUT2D eigenvalue weighted by Crippen LogP contribution is 2.20. The molecule has 4 heteroatoms. The maximum atomic E-state index is 11.9. The second-order valence-electron chi connectivity index (χ2n) is 4.42. The van der Waals surface area contributed by atoms with Crippen molar-refractivity contribution >= 4 is 29.0 Å². The van der Waals surface area contributed by atoms with Crippen LogP contribution in [-0.4, -0.2) is 11.7 Å². The average Bonchev–Trinajstić information content (AvgIpc) is 2.46. The number of nitrogens with two attached hydrogens (primary N) is 1. The summed E-state index contributed by atoms with van der Waals surface area (Å²) < 4.78 is 0. The summed E-state index contributed by atoms with van der Waals surface area (Å²) in [4.78, 5) is 13.0. The van der Waals surface area contributed by atoms with Crippen molar-refractivity contribution in [3.05, 3.63) is 54.1 Å². The van der Waals surface area contributed by atoms with Crippen LogP contribution in [0.15, 0.2) is 53.4 Å². The average molecular weight is 286 g/mol. The van der Waals surface area contributed by atoms with Crippen molar-refractivity contribution in [2.24, 2.45) is 0 Å². The normalized spacial score (nSPS) is 10.2. The predicted molar refractivity (Wildman–Crippen MR) is 86.0 cm³/mol. The highest BCUT2D eigenvalue weighted by atomic mass is 32.2. The third-order valence-corrected chi connectivity index (χ3v) is 3.94. The zero-order chi connectivity index (χ0) is 14.4. The lowest BCUT2D eigenvalue weighted by Crippen LogP contribution is -2.14. The van der Waals surface area contributed by atoms with Gasteiger partial charge in [0.1, 0.15) is 0 Å². The summed E-state index contributed by atoms with van der Waals surface area (Å²) >= 11 is 1.52. The second-order valence-corrected chi connectivity index (χ2v) is 5.47. The molecular weight excluding hydrogens is 268 g/mol. The first-order chi connectivity index (χ1) is 9.69. The standard InChI is InChI=1S/C16H18N2OS/c1-2-12-8-9-13(10-15(12)17)18-16(19)11-20-14-6-4-3-5-7-14/h3-10H,2,11,17H2,1H3,(H,18,19). The highest BCUT2D eigenvalue weighted by Gasteiger charge is 2.05. The topological polar surface area (TPSA) is 55.1 Å². The molecule has 0 atom stereocenters. The summed E-state index contributed by atoms with van der Waals surface area (Å²) in [5.41, 5.74) is 8.49. The van der Waals surface area contributed by atoms with Gasteiger partial charge in [0.15, 0.2) is 0 Å². The van der Waals surface area contributed by atoms with E-state index in [0.29, 0.717) is 5.75 Å². The SMILES string of the molecule is CCc1ccc(NC(=O)CSc2ccccc2)cc1N. The third kappa shape index (κ3) is 4.03. The minimum Gasteiger partial charge on any atom is -0.398 e. The molecule has 3 N–H and O–H groups in total. The van der Waals surface area contributed by atoms with Crippen LogP contribution in [0.25, 0.3) is 0 Å². The molecule has 0 unspecified atom stereocenters. The van der Waals surface area contributed by atoms with Gasteiger partial charge in [-0.1, -0.05) is 31.2 Å². The van der Waals surface area contributed by atoms with Gasteiger partial charge in [-0.25, -0.2) is 0 Å². The van der Waals surface area contributed by atoms with Crippen LogP contribution < -0.4 is 11.1 Å². The second kappa shape index (κ2) is 7.01. The number of benzene rings is 2. The number of carbonyl (C=O) groups excluding carboxylic acids is 1. The van der Waals surface area contributed by atoms with E-state index in [1.807, 2.05) is 48.5 Å². The minimum absolute atomic E-state index is 0.0255. The number of hydrogen-bond donors (Lipinski definition) is 2. The van der Waals surface area contributed by atoms with E-state index >= 15 is 0 Å². The molecule has 2 rings (SSSR count). The van der Waals surface area contributed by atoms with Gasteiger partial charge in [0.2, 0.25) is 5.91 Å². The fourth-order valence-corrected chi connectivity index (χ4v) is 2.58. The first kappa shape index (κ1) is 14.5. The lowest BCUT2D eigenvalue weighted by atomic mass is 10.1. The van der Waals surface area contributed by atoms with Gasteiger partial charge in [-0.2, -0.15) is 0 Å². The molecule has 0 saturated carbocycles. The molecule has 0 aromatic heterocycles. The number of anilines is 2. The van der Waals surface area contributed by atoms with Gasteiger partial charge in [-0.15, -0.1) is 11.8 Å². The maximum Gasteiger partial charge on any atom is 0.234 e. The Morgan fingerprint density at radius 1 is 1.20 bits per heavy atom. The van der Waals surface area contributed by atoms with E-state index in [1.165, 1.54) is 11.8 Å². The fourth-order valence-electron chi connectivity index (χ4n) is 1.86. The van der Waals surface area contributed by atoms with Gasteiger partial charge in [0.25, 0.3) is 0 Å². The smallest absolute Gasteiger partial charge is 0.234 e. The molecule has 0 spiro atoms. The summed E-state index contributed by atoms with van der Waals surface area (Å²) in [5.74, 6) is 0.363. The van der Waals surface area contributed by atoms with Gasteiger partial charge in [-0.3, -0.25) is 4.79 Å². The molecule has 0 aliphatic carbocycles. The van der Waals surface area contributed by atoms with Crippen molar-refractivity contribution in [1.29, 1.82) is 0 Å². The molecule has 0 aliphatic rings. The number of thioether (sulfide) groups is 1. The Balaban J connectivity index is 1.90. The van der Waals surface area contributed by atoms with Crippen molar-refractivity contribution in [2.75, 3.05) is 16.8 Å². The molecule has 104 valence electrons. The minimum atomic E-state index is -0.0255. The molecule has 20 heavy (non-hydrogen) atoms. The predicted octanol–water partition coefficient (Wildman–Crippen LogP) is 3.56. The fraction of sp³-hybridized carbons (Fsp3) is 0.188. The van der Waals surface area contributed by atoms with Crippen LogP contribution in [0.1, 0.15) is 12.5 Å². The van der Waals surface area contributed by atoms with Gasteiger partial charge in [0.05, 0.1) is 5.75 Å². The molecule has 3 nitrogen and oxygen atoms in total. The van der Waals surface area contributed by atoms with Crippen molar-refractivity contribution in [1.82, 2.24) is 0 Å². The molecule has 1 amide bonds. The van der Waals surface area contributed by atoms with Crippen LogP contribution >= 0.6 is 11.8 Å². The molecule has 0 heterocycles. The van der Waals surface area contributed by atoms with Crippen molar-refractivity contribution < 1.29 is 4.79 Å². The van der Waals surface area contributed by atoms with Gasteiger partial charge < -0.3 is 11.1 Å². The van der Waals surface area contributed by atoms with Gasteiger partial charge in [-0.05, 0) is 36.2 Å². The Morgan fingerprint density at radius 2 is 1.95 bits per heavy atom. The summed E-state index contributed by atoms with van der Waals surface area (Å²) in [7, 11) is 0. The number of carbonyl (C=O) groups is 1.